The predicted octanol–water partition coefficient (Wildman–Crippen LogP) is 0.727. The maximum Gasteiger partial charge on any atom is 0.242 e. The second-order valence-corrected chi connectivity index (χ2v) is 4.23. The topological polar surface area (TPSA) is 64.0 Å². The summed E-state index contributed by atoms with van der Waals surface area (Å²) in [6, 6.07) is 6.46. The first kappa shape index (κ1) is 11.9. The quantitative estimate of drug-likeness (QED) is 0.812. The largest absolute Gasteiger partial charge is 0.508 e. The number of aliphatic hydroxyl groups is 1. The number of hydrazine groups is 1. The average molecular weight is 236 g/mol. The van der Waals surface area contributed by atoms with Crippen LogP contribution in [0.15, 0.2) is 24.3 Å². The van der Waals surface area contributed by atoms with Crippen molar-refractivity contribution >= 4 is 11.6 Å². The van der Waals surface area contributed by atoms with Crippen LogP contribution in [0.2, 0.25) is 0 Å². The number of hydrogen-bond acceptors (Lipinski definition) is 4. The van der Waals surface area contributed by atoms with Gasteiger partial charge in [0.05, 0.1) is 11.8 Å². The van der Waals surface area contributed by atoms with Crippen LogP contribution in [0.1, 0.15) is 13.3 Å². The summed E-state index contributed by atoms with van der Waals surface area (Å²) in [4.78, 5) is 11.8. The van der Waals surface area contributed by atoms with Crippen molar-refractivity contribution in [1.82, 2.24) is 5.01 Å². The molecule has 0 radical (unpaired) electrons. The summed E-state index contributed by atoms with van der Waals surface area (Å²) < 4.78 is 0. The van der Waals surface area contributed by atoms with Crippen molar-refractivity contribution in [2.75, 3.05) is 18.1 Å². The van der Waals surface area contributed by atoms with Crippen molar-refractivity contribution in [3.05, 3.63) is 24.3 Å². The molecule has 5 heteroatoms. The normalized spacial score (nSPS) is 18.7. The predicted molar refractivity (Wildman–Crippen MR) is 63.5 cm³/mol. The number of nitrogens with zero attached hydrogens (tertiary/aromatic N) is 2. The Morgan fingerprint density at radius 1 is 1.35 bits per heavy atom. The second kappa shape index (κ2) is 4.73. The summed E-state index contributed by atoms with van der Waals surface area (Å²) in [7, 11) is 0. The molecule has 1 aromatic carbocycles. The van der Waals surface area contributed by atoms with E-state index in [0.29, 0.717) is 25.2 Å². The number of rotatable bonds is 3. The fourth-order valence-electron chi connectivity index (χ4n) is 1.97. The van der Waals surface area contributed by atoms with Gasteiger partial charge in [0.1, 0.15) is 5.75 Å². The van der Waals surface area contributed by atoms with Gasteiger partial charge in [-0.15, -0.1) is 0 Å². The van der Waals surface area contributed by atoms with E-state index in [1.54, 1.807) is 36.2 Å². The zero-order valence-corrected chi connectivity index (χ0v) is 9.71. The molecule has 2 rings (SSSR count). The van der Waals surface area contributed by atoms with Gasteiger partial charge < -0.3 is 10.2 Å². The lowest BCUT2D eigenvalue weighted by molar-refractivity contribution is -0.118. The first-order chi connectivity index (χ1) is 8.08. The van der Waals surface area contributed by atoms with Gasteiger partial charge in [0, 0.05) is 19.5 Å². The number of hydrogen-bond donors (Lipinski definition) is 2. The van der Waals surface area contributed by atoms with Crippen molar-refractivity contribution in [2.24, 2.45) is 0 Å². The molecule has 1 aliphatic rings. The smallest absolute Gasteiger partial charge is 0.242 e. The third-order valence-corrected chi connectivity index (χ3v) is 2.67. The lowest BCUT2D eigenvalue weighted by atomic mass is 10.3. The summed E-state index contributed by atoms with van der Waals surface area (Å²) in [5, 5.41) is 22.0. The van der Waals surface area contributed by atoms with E-state index in [9.17, 15) is 15.0 Å². The van der Waals surface area contributed by atoms with Crippen molar-refractivity contribution in [2.45, 2.75) is 19.4 Å². The van der Waals surface area contributed by atoms with E-state index in [4.69, 9.17) is 0 Å². The summed E-state index contributed by atoms with van der Waals surface area (Å²) in [6.07, 6.45) is -0.0337. The summed E-state index contributed by atoms with van der Waals surface area (Å²) >= 11 is 0. The SMILES string of the molecule is CC(O)CN1CCC(=O)N1c1ccc(O)cc1. The van der Waals surface area contributed by atoms with Gasteiger partial charge in [0.2, 0.25) is 5.91 Å². The van der Waals surface area contributed by atoms with Gasteiger partial charge >= 0.3 is 0 Å². The van der Waals surface area contributed by atoms with E-state index in [-0.39, 0.29) is 11.7 Å². The molecule has 0 saturated carbocycles. The number of phenolic OH excluding ortho intramolecular Hbond substituents is 1. The Bertz CT molecular complexity index is 403. The third-order valence-electron chi connectivity index (χ3n) is 2.67. The van der Waals surface area contributed by atoms with E-state index in [1.807, 2.05) is 5.01 Å². The molecule has 1 aromatic rings. The fraction of sp³-hybridized carbons (Fsp3) is 0.417. The number of β-amino-alcohol motifs (C(OH)–C–C–N with tert-alkyl or cyclic N) is 1. The molecule has 0 spiro atoms. The maximum atomic E-state index is 11.8. The molecule has 92 valence electrons. The van der Waals surface area contributed by atoms with Crippen LogP contribution in [0.3, 0.4) is 0 Å². The molecule has 1 atom stereocenters. The highest BCUT2D eigenvalue weighted by molar-refractivity contribution is 5.94. The van der Waals surface area contributed by atoms with Crippen LogP contribution in [0, 0.1) is 0 Å². The zero-order chi connectivity index (χ0) is 12.4. The Balaban J connectivity index is 2.21. The molecule has 0 bridgehead atoms. The average Bonchev–Trinajstić information content (AvgIpc) is 2.61. The number of carbonyl (C=O) groups excluding carboxylic acids is 1. The van der Waals surface area contributed by atoms with Crippen LogP contribution >= 0.6 is 0 Å². The van der Waals surface area contributed by atoms with E-state index in [1.165, 1.54) is 0 Å². The molecule has 2 N–H and O–H groups in total. The van der Waals surface area contributed by atoms with Crippen molar-refractivity contribution in [1.29, 1.82) is 0 Å². The number of phenols is 1. The molecule has 0 aromatic heterocycles. The molecule has 1 saturated heterocycles. The summed E-state index contributed by atoms with van der Waals surface area (Å²) in [6.45, 7) is 2.73. The molecule has 1 amide bonds. The van der Waals surface area contributed by atoms with Gasteiger partial charge in [-0.1, -0.05) is 0 Å². The minimum Gasteiger partial charge on any atom is -0.508 e. The number of carbonyl (C=O) groups is 1. The Labute approximate surface area is 99.9 Å². The van der Waals surface area contributed by atoms with E-state index < -0.39 is 6.10 Å². The Morgan fingerprint density at radius 2 is 2.00 bits per heavy atom. The minimum atomic E-state index is -0.486. The lowest BCUT2D eigenvalue weighted by Crippen LogP contribution is -2.42. The number of aliphatic hydroxyl groups excluding tert-OH is 1. The molecule has 1 unspecified atom stereocenters. The van der Waals surface area contributed by atoms with Crippen LogP contribution in [-0.2, 0) is 4.79 Å². The Kier molecular flexibility index (Phi) is 3.31. The highest BCUT2D eigenvalue weighted by Gasteiger charge is 2.30. The van der Waals surface area contributed by atoms with Crippen LogP contribution in [0.4, 0.5) is 5.69 Å². The molecule has 17 heavy (non-hydrogen) atoms. The first-order valence-electron chi connectivity index (χ1n) is 5.63. The standard InChI is InChI=1S/C12H16N2O3/c1-9(15)8-13-7-6-12(17)14(13)10-2-4-11(16)5-3-10/h2-5,9,15-16H,6-8H2,1H3. The monoisotopic (exact) mass is 236 g/mol. The highest BCUT2D eigenvalue weighted by Crippen LogP contribution is 2.24. The van der Waals surface area contributed by atoms with Crippen LogP contribution < -0.4 is 5.01 Å². The van der Waals surface area contributed by atoms with Crippen molar-refractivity contribution < 1.29 is 15.0 Å². The van der Waals surface area contributed by atoms with Crippen LogP contribution in [0.25, 0.3) is 0 Å². The van der Waals surface area contributed by atoms with E-state index in [2.05, 4.69) is 0 Å². The van der Waals surface area contributed by atoms with Gasteiger partial charge in [-0.2, -0.15) is 0 Å². The van der Waals surface area contributed by atoms with Crippen molar-refractivity contribution in [3.63, 3.8) is 0 Å². The van der Waals surface area contributed by atoms with Crippen LogP contribution in [-0.4, -0.2) is 40.3 Å². The lowest BCUT2D eigenvalue weighted by Gasteiger charge is -2.28. The number of amides is 1. The molecule has 0 aliphatic carbocycles. The molecule has 1 aliphatic heterocycles. The molecule has 1 fully saturated rings. The van der Waals surface area contributed by atoms with Gasteiger partial charge in [0.25, 0.3) is 0 Å². The second-order valence-electron chi connectivity index (χ2n) is 4.23. The van der Waals surface area contributed by atoms with E-state index >= 15 is 0 Å². The Hall–Kier alpha value is -1.59. The molecule has 1 heterocycles. The third kappa shape index (κ3) is 2.57. The molecule has 5 nitrogen and oxygen atoms in total. The number of benzene rings is 1. The van der Waals surface area contributed by atoms with Gasteiger partial charge in [-0.3, -0.25) is 4.79 Å². The van der Waals surface area contributed by atoms with Crippen LogP contribution in [0.5, 0.6) is 5.75 Å². The first-order valence-corrected chi connectivity index (χ1v) is 5.63. The van der Waals surface area contributed by atoms with E-state index in [0.717, 1.165) is 0 Å². The fourth-order valence-corrected chi connectivity index (χ4v) is 1.97. The van der Waals surface area contributed by atoms with Gasteiger partial charge in [0.15, 0.2) is 0 Å². The van der Waals surface area contributed by atoms with Crippen molar-refractivity contribution in [3.8, 4) is 5.75 Å². The highest BCUT2D eigenvalue weighted by atomic mass is 16.3. The zero-order valence-electron chi connectivity index (χ0n) is 9.71. The summed E-state index contributed by atoms with van der Waals surface area (Å²) in [5.74, 6) is 0.179. The number of aromatic hydroxyl groups is 1. The number of anilines is 1. The minimum absolute atomic E-state index is 0.0105. The van der Waals surface area contributed by atoms with Gasteiger partial charge in [-0.25, -0.2) is 10.0 Å². The molecular formula is C12H16N2O3. The van der Waals surface area contributed by atoms with Gasteiger partial charge in [-0.05, 0) is 31.2 Å². The maximum absolute atomic E-state index is 11.8. The molecular weight excluding hydrogens is 220 g/mol. The Morgan fingerprint density at radius 3 is 2.59 bits per heavy atom. The summed E-state index contributed by atoms with van der Waals surface area (Å²) in [5.41, 5.74) is 0.714.